The minimum Gasteiger partial charge on any atom is -0.482 e. The first-order valence-electron chi connectivity index (χ1n) is 6.50. The number of carbonyl (C=O) groups excluding carboxylic acids is 1. The summed E-state index contributed by atoms with van der Waals surface area (Å²) in [5, 5.41) is 3.68. The number of halogens is 1. The molecule has 0 unspecified atom stereocenters. The van der Waals surface area contributed by atoms with Crippen LogP contribution >= 0.6 is 11.6 Å². The van der Waals surface area contributed by atoms with Crippen molar-refractivity contribution in [2.45, 2.75) is 6.42 Å². The smallest absolute Gasteiger partial charge is 0.260 e. The summed E-state index contributed by atoms with van der Waals surface area (Å²) in [6.07, 6.45) is 1.05. The number of para-hydroxylation sites is 1. The molecule has 1 aromatic rings. The molecule has 1 amide bonds. The van der Waals surface area contributed by atoms with E-state index in [1.807, 2.05) is 24.1 Å². The lowest BCUT2D eigenvalue weighted by Gasteiger charge is -2.17. The Labute approximate surface area is 118 Å². The van der Waals surface area contributed by atoms with Gasteiger partial charge in [0.15, 0.2) is 6.61 Å². The van der Waals surface area contributed by atoms with Crippen LogP contribution < -0.4 is 10.1 Å². The SMILES string of the molecule is CNC[C@H]1CCN(C(=O)COc2ccccc2Cl)C1. The summed E-state index contributed by atoms with van der Waals surface area (Å²) < 4.78 is 5.47. The first-order chi connectivity index (χ1) is 9.20. The van der Waals surface area contributed by atoms with Crippen molar-refractivity contribution in [1.29, 1.82) is 0 Å². The first kappa shape index (κ1) is 14.2. The van der Waals surface area contributed by atoms with Crippen LogP contribution in [0.5, 0.6) is 5.75 Å². The molecule has 0 aromatic heterocycles. The molecule has 19 heavy (non-hydrogen) atoms. The molecular weight excluding hydrogens is 264 g/mol. The van der Waals surface area contributed by atoms with Gasteiger partial charge >= 0.3 is 0 Å². The van der Waals surface area contributed by atoms with Gasteiger partial charge in [-0.05, 0) is 38.1 Å². The summed E-state index contributed by atoms with van der Waals surface area (Å²) in [5.41, 5.74) is 0. The number of benzene rings is 1. The number of nitrogens with zero attached hydrogens (tertiary/aromatic N) is 1. The van der Waals surface area contributed by atoms with Crippen LogP contribution in [0.1, 0.15) is 6.42 Å². The normalized spacial score (nSPS) is 18.6. The van der Waals surface area contributed by atoms with Crippen LogP contribution in [0.25, 0.3) is 0 Å². The zero-order valence-corrected chi connectivity index (χ0v) is 11.8. The lowest BCUT2D eigenvalue weighted by atomic mass is 10.1. The Morgan fingerprint density at radius 3 is 3.05 bits per heavy atom. The fourth-order valence-corrected chi connectivity index (χ4v) is 2.50. The van der Waals surface area contributed by atoms with Gasteiger partial charge in [0, 0.05) is 13.1 Å². The Morgan fingerprint density at radius 2 is 2.32 bits per heavy atom. The molecule has 1 saturated heterocycles. The Morgan fingerprint density at radius 1 is 1.53 bits per heavy atom. The maximum absolute atomic E-state index is 12.0. The van der Waals surface area contributed by atoms with E-state index in [1.54, 1.807) is 12.1 Å². The van der Waals surface area contributed by atoms with Crippen LogP contribution in [-0.4, -0.2) is 44.1 Å². The van der Waals surface area contributed by atoms with Gasteiger partial charge < -0.3 is 15.0 Å². The molecule has 0 bridgehead atoms. The first-order valence-corrected chi connectivity index (χ1v) is 6.88. The maximum Gasteiger partial charge on any atom is 0.260 e. The number of nitrogens with one attached hydrogen (secondary N) is 1. The summed E-state index contributed by atoms with van der Waals surface area (Å²) in [5.74, 6) is 1.14. The molecule has 0 aliphatic carbocycles. The zero-order chi connectivity index (χ0) is 13.7. The fraction of sp³-hybridized carbons (Fsp3) is 0.500. The second kappa shape index (κ2) is 6.78. The predicted octanol–water partition coefficient (Wildman–Crippen LogP) is 1.79. The Balaban J connectivity index is 1.81. The molecule has 1 aliphatic heterocycles. The topological polar surface area (TPSA) is 41.6 Å². The Bertz CT molecular complexity index is 439. The Kier molecular flexibility index (Phi) is 5.05. The van der Waals surface area contributed by atoms with Crippen molar-refractivity contribution in [3.05, 3.63) is 29.3 Å². The molecule has 1 N–H and O–H groups in total. The van der Waals surface area contributed by atoms with Crippen molar-refractivity contribution in [3.63, 3.8) is 0 Å². The van der Waals surface area contributed by atoms with E-state index < -0.39 is 0 Å². The van der Waals surface area contributed by atoms with E-state index in [0.29, 0.717) is 16.7 Å². The summed E-state index contributed by atoms with van der Waals surface area (Å²) in [4.78, 5) is 13.9. The van der Waals surface area contributed by atoms with Crippen molar-refractivity contribution < 1.29 is 9.53 Å². The molecule has 104 valence electrons. The number of rotatable bonds is 5. The average Bonchev–Trinajstić information content (AvgIpc) is 2.87. The number of hydrogen-bond acceptors (Lipinski definition) is 3. The van der Waals surface area contributed by atoms with E-state index in [1.165, 1.54) is 0 Å². The monoisotopic (exact) mass is 282 g/mol. The van der Waals surface area contributed by atoms with Gasteiger partial charge in [-0.2, -0.15) is 0 Å². The van der Waals surface area contributed by atoms with Gasteiger partial charge in [-0.15, -0.1) is 0 Å². The van der Waals surface area contributed by atoms with Crippen molar-refractivity contribution in [2.75, 3.05) is 33.3 Å². The summed E-state index contributed by atoms with van der Waals surface area (Å²) in [6.45, 7) is 2.63. The molecule has 0 radical (unpaired) electrons. The lowest BCUT2D eigenvalue weighted by molar-refractivity contribution is -0.132. The standard InChI is InChI=1S/C14H19ClN2O2/c1-16-8-11-6-7-17(9-11)14(18)10-19-13-5-3-2-4-12(13)15/h2-5,11,16H,6-10H2,1H3/t11-/m1/s1. The molecule has 1 heterocycles. The minimum atomic E-state index is 0.0264. The predicted molar refractivity (Wildman–Crippen MR) is 75.6 cm³/mol. The lowest BCUT2D eigenvalue weighted by Crippen LogP contribution is -2.34. The summed E-state index contributed by atoms with van der Waals surface area (Å²) >= 11 is 5.97. The van der Waals surface area contributed by atoms with Crippen LogP contribution in [0.2, 0.25) is 5.02 Å². The highest BCUT2D eigenvalue weighted by molar-refractivity contribution is 6.32. The zero-order valence-electron chi connectivity index (χ0n) is 11.1. The third-order valence-corrected chi connectivity index (χ3v) is 3.63. The number of hydrogen-bond donors (Lipinski definition) is 1. The molecule has 5 heteroatoms. The number of amides is 1. The second-order valence-corrected chi connectivity index (χ2v) is 5.18. The van der Waals surface area contributed by atoms with Gasteiger partial charge in [-0.25, -0.2) is 0 Å². The fourth-order valence-electron chi connectivity index (χ4n) is 2.31. The third-order valence-electron chi connectivity index (χ3n) is 3.32. The van der Waals surface area contributed by atoms with Crippen molar-refractivity contribution in [2.24, 2.45) is 5.92 Å². The number of likely N-dealkylation sites (tertiary alicyclic amines) is 1. The molecule has 2 rings (SSSR count). The molecule has 1 fully saturated rings. The maximum atomic E-state index is 12.0. The highest BCUT2D eigenvalue weighted by Gasteiger charge is 2.25. The third kappa shape index (κ3) is 3.85. The minimum absolute atomic E-state index is 0.0264. The van der Waals surface area contributed by atoms with Gasteiger partial charge in [0.1, 0.15) is 5.75 Å². The highest BCUT2D eigenvalue weighted by Crippen LogP contribution is 2.23. The van der Waals surface area contributed by atoms with Crippen LogP contribution in [0.15, 0.2) is 24.3 Å². The summed E-state index contributed by atoms with van der Waals surface area (Å²) in [7, 11) is 1.94. The van der Waals surface area contributed by atoms with Crippen LogP contribution in [-0.2, 0) is 4.79 Å². The number of carbonyl (C=O) groups is 1. The summed E-state index contributed by atoms with van der Waals surface area (Å²) in [6, 6.07) is 7.19. The van der Waals surface area contributed by atoms with E-state index in [2.05, 4.69) is 5.32 Å². The van der Waals surface area contributed by atoms with Gasteiger partial charge in [0.2, 0.25) is 0 Å². The molecule has 0 spiro atoms. The van der Waals surface area contributed by atoms with Gasteiger partial charge in [-0.3, -0.25) is 4.79 Å². The molecule has 1 aromatic carbocycles. The van der Waals surface area contributed by atoms with Crippen molar-refractivity contribution in [1.82, 2.24) is 10.2 Å². The van der Waals surface area contributed by atoms with Gasteiger partial charge in [-0.1, -0.05) is 23.7 Å². The second-order valence-electron chi connectivity index (χ2n) is 4.77. The van der Waals surface area contributed by atoms with E-state index in [0.717, 1.165) is 26.1 Å². The van der Waals surface area contributed by atoms with Crippen LogP contribution in [0, 0.1) is 5.92 Å². The van der Waals surface area contributed by atoms with E-state index >= 15 is 0 Å². The van der Waals surface area contributed by atoms with Crippen molar-refractivity contribution in [3.8, 4) is 5.75 Å². The largest absolute Gasteiger partial charge is 0.482 e. The van der Waals surface area contributed by atoms with Gasteiger partial charge in [0.25, 0.3) is 5.91 Å². The molecular formula is C14H19ClN2O2. The highest BCUT2D eigenvalue weighted by atomic mass is 35.5. The van der Waals surface area contributed by atoms with Crippen molar-refractivity contribution >= 4 is 17.5 Å². The van der Waals surface area contributed by atoms with E-state index in [-0.39, 0.29) is 12.5 Å². The average molecular weight is 283 g/mol. The van der Waals surface area contributed by atoms with E-state index in [9.17, 15) is 4.79 Å². The van der Waals surface area contributed by atoms with Crippen LogP contribution in [0.4, 0.5) is 0 Å². The van der Waals surface area contributed by atoms with E-state index in [4.69, 9.17) is 16.3 Å². The number of ether oxygens (including phenoxy) is 1. The molecule has 1 atom stereocenters. The van der Waals surface area contributed by atoms with Gasteiger partial charge in [0.05, 0.1) is 5.02 Å². The molecule has 4 nitrogen and oxygen atoms in total. The molecule has 1 aliphatic rings. The quantitative estimate of drug-likeness (QED) is 0.895. The Hall–Kier alpha value is -1.26. The van der Waals surface area contributed by atoms with Crippen LogP contribution in [0.3, 0.4) is 0 Å². The molecule has 0 saturated carbocycles.